The predicted molar refractivity (Wildman–Crippen MR) is 303 cm³/mol. The Morgan fingerprint density at radius 2 is 1.54 bits per heavy atom. The Kier molecular flexibility index (Phi) is 21.6. The number of fused-ring (bicyclic) bond motifs is 3. The van der Waals surface area contributed by atoms with Crippen LogP contribution in [0.1, 0.15) is 109 Å². The van der Waals surface area contributed by atoms with Crippen LogP contribution in [0.15, 0.2) is 66.2 Å². The number of aliphatic hydroxyl groups excluding tert-OH is 1. The number of thiazole rings is 1. The number of carbonyl (C=O) groups excluding carboxylic acids is 4. The van der Waals surface area contributed by atoms with Gasteiger partial charge in [0.15, 0.2) is 6.29 Å². The zero-order valence-electron chi connectivity index (χ0n) is 48.2. The van der Waals surface area contributed by atoms with Crippen LogP contribution < -0.4 is 20.7 Å². The van der Waals surface area contributed by atoms with Crippen LogP contribution in [0.4, 0.5) is 13.2 Å². The van der Waals surface area contributed by atoms with E-state index in [1.165, 1.54) is 18.7 Å². The van der Waals surface area contributed by atoms with Crippen LogP contribution in [0.2, 0.25) is 0 Å². The van der Waals surface area contributed by atoms with Crippen LogP contribution in [0.3, 0.4) is 0 Å². The molecule has 1 unspecified atom stereocenters. The topological polar surface area (TPSA) is 206 Å². The van der Waals surface area contributed by atoms with E-state index in [4.69, 9.17) is 23.7 Å². The maximum Gasteiger partial charge on any atom is 0.246 e. The summed E-state index contributed by atoms with van der Waals surface area (Å²) in [4.78, 5) is 66.4. The molecule has 5 aromatic rings. The van der Waals surface area contributed by atoms with Crippen LogP contribution in [0, 0.1) is 29.9 Å². The first-order chi connectivity index (χ1) is 38.4. The van der Waals surface area contributed by atoms with Crippen molar-refractivity contribution >= 4 is 45.9 Å². The lowest BCUT2D eigenvalue weighted by molar-refractivity contribution is -0.154. The molecule has 0 radical (unpaired) electrons. The highest BCUT2D eigenvalue weighted by Crippen LogP contribution is 2.44. The van der Waals surface area contributed by atoms with Crippen LogP contribution in [-0.2, 0) is 51.1 Å². The number of aryl methyl sites for hydroxylation is 1. The van der Waals surface area contributed by atoms with E-state index in [0.717, 1.165) is 50.3 Å². The number of aromatic nitrogens is 2. The Labute approximate surface area is 477 Å². The van der Waals surface area contributed by atoms with Gasteiger partial charge >= 0.3 is 0 Å². The highest BCUT2D eigenvalue weighted by molar-refractivity contribution is 7.13. The maximum absolute atomic E-state index is 16.1. The molecule has 21 heteroatoms. The van der Waals surface area contributed by atoms with E-state index in [1.54, 1.807) is 44.5 Å². The minimum atomic E-state index is -1.62. The summed E-state index contributed by atoms with van der Waals surface area (Å²) >= 11 is 1.54. The van der Waals surface area contributed by atoms with Crippen LogP contribution in [0.5, 0.6) is 5.75 Å². The van der Waals surface area contributed by atoms with Crippen LogP contribution in [0.25, 0.3) is 21.3 Å². The Balaban J connectivity index is 0.860. The third kappa shape index (κ3) is 16.9. The number of amides is 4. The second-order valence-electron chi connectivity index (χ2n) is 23.2. The fraction of sp³-hybridized carbons (Fsp3) is 0.550. The number of aliphatic hydroxyl groups is 1. The van der Waals surface area contributed by atoms with Gasteiger partial charge in [-0.05, 0) is 75.1 Å². The second kappa shape index (κ2) is 27.9. The van der Waals surface area contributed by atoms with Gasteiger partial charge in [-0.25, -0.2) is 18.2 Å². The van der Waals surface area contributed by atoms with E-state index in [2.05, 4.69) is 25.9 Å². The number of benzene rings is 3. The minimum absolute atomic E-state index is 0.00465. The van der Waals surface area contributed by atoms with Crippen molar-refractivity contribution in [3.63, 3.8) is 0 Å². The Bertz CT molecular complexity index is 2900. The van der Waals surface area contributed by atoms with E-state index in [9.17, 15) is 24.3 Å². The highest BCUT2D eigenvalue weighted by Gasteiger charge is 2.46. The molecule has 0 saturated carbocycles. The van der Waals surface area contributed by atoms with E-state index < -0.39 is 77.0 Å². The van der Waals surface area contributed by atoms with Gasteiger partial charge in [0.2, 0.25) is 23.6 Å². The molecule has 81 heavy (non-hydrogen) atoms. The molecule has 442 valence electrons. The lowest BCUT2D eigenvalue weighted by Crippen LogP contribution is -2.58. The SMILES string of the molecule is Cc1ncsc1-c1ccc(CNC(=O)[C@@H]2C[C@@H](OC(O)[C@H](C)NC(=O)CC(C)C)CN2C(=O)[C@@H](NC(=O)COCCOCCOCCOc2cc(F)c([C@@H]3c4[nH]c5ccccc5c4C[C@@H](C)N3CC(C)(C)F)c(F)c2)C(C)(C)C)cc1. The van der Waals surface area contributed by atoms with Crippen LogP contribution in [-0.4, -0.2) is 150 Å². The van der Waals surface area contributed by atoms with Gasteiger partial charge in [0.05, 0.1) is 67.3 Å². The molecule has 1 saturated heterocycles. The molecule has 2 aromatic heterocycles. The van der Waals surface area contributed by atoms with Gasteiger partial charge in [0.1, 0.15) is 48.4 Å². The van der Waals surface area contributed by atoms with E-state index in [-0.39, 0.29) is 108 Å². The predicted octanol–water partition coefficient (Wildman–Crippen LogP) is 8.09. The van der Waals surface area contributed by atoms with Gasteiger partial charge in [-0.3, -0.25) is 24.1 Å². The van der Waals surface area contributed by atoms with E-state index >= 15 is 13.2 Å². The Hall–Kier alpha value is -5.94. The molecule has 3 aromatic carbocycles. The highest BCUT2D eigenvalue weighted by atomic mass is 32.1. The molecule has 0 aliphatic carbocycles. The molecule has 2 aliphatic rings. The number of alkyl halides is 1. The fourth-order valence-corrected chi connectivity index (χ4v) is 11.2. The average Bonchev–Trinajstić information content (AvgIpc) is 4.21. The molecular weight excluding hydrogens is 1070 g/mol. The molecule has 5 N–H and O–H groups in total. The first kappa shape index (κ1) is 62.7. The minimum Gasteiger partial charge on any atom is -0.491 e. The first-order valence-electron chi connectivity index (χ1n) is 27.8. The molecule has 2 aliphatic heterocycles. The summed E-state index contributed by atoms with van der Waals surface area (Å²) in [6.45, 7) is 17.9. The van der Waals surface area contributed by atoms with Gasteiger partial charge in [0.25, 0.3) is 0 Å². The number of nitrogens with one attached hydrogen (secondary N) is 4. The molecule has 7 atom stereocenters. The van der Waals surface area contributed by atoms with Gasteiger partial charge in [-0.1, -0.05) is 77.1 Å². The van der Waals surface area contributed by atoms with Gasteiger partial charge in [-0.15, -0.1) is 11.3 Å². The first-order valence-corrected chi connectivity index (χ1v) is 28.6. The summed E-state index contributed by atoms with van der Waals surface area (Å²) in [5.41, 5.74) is 4.38. The van der Waals surface area contributed by atoms with E-state index in [0.29, 0.717) is 12.1 Å². The second-order valence-corrected chi connectivity index (χ2v) is 24.1. The van der Waals surface area contributed by atoms with Gasteiger partial charge in [0, 0.05) is 72.8 Å². The zero-order valence-corrected chi connectivity index (χ0v) is 49.0. The normalized spacial score (nSPS) is 18.9. The summed E-state index contributed by atoms with van der Waals surface area (Å²) < 4.78 is 75.8. The third-order valence-electron chi connectivity index (χ3n) is 14.3. The lowest BCUT2D eigenvalue weighted by atomic mass is 9.85. The Morgan fingerprint density at radius 1 is 0.889 bits per heavy atom. The van der Waals surface area contributed by atoms with Crippen LogP contribution >= 0.6 is 11.3 Å². The number of nitrogens with zero attached hydrogens (tertiary/aromatic N) is 3. The quantitative estimate of drug-likeness (QED) is 0.0250. The number of aromatic amines is 1. The number of halogens is 3. The van der Waals surface area contributed by atoms with Gasteiger partial charge < -0.3 is 54.6 Å². The molecule has 4 heterocycles. The van der Waals surface area contributed by atoms with Gasteiger partial charge in [-0.2, -0.15) is 0 Å². The largest absolute Gasteiger partial charge is 0.491 e. The standard InChI is InChI=1S/C60H80F3N7O10S/c1-35(2)25-49(71)66-38(5)58(75)80-42-29-48(56(73)64-30-39-15-17-40(18-16-39)54-37(4)65-34-81-54)69(31-42)57(74)55(59(6,7)8)68-50(72)32-78-22-21-76-19-20-77-23-24-79-41-27-45(61)51(46(62)28-41)53-52-44(43-13-11-12-14-47(43)67-52)26-36(3)70(53)33-60(9,10)63/h11-18,27-28,34-36,38,42,48,53,55,58,67,75H,19-26,29-33H2,1-10H3,(H,64,73)(H,66,71)(H,68,72)/t36-,38+,42-,48+,53-,55-,58?/m1/s1. The molecular formula is C60H80F3N7O10S. The number of carbonyl (C=O) groups is 4. The maximum atomic E-state index is 16.1. The van der Waals surface area contributed by atoms with Crippen molar-refractivity contribution in [2.24, 2.45) is 11.3 Å². The summed E-state index contributed by atoms with van der Waals surface area (Å²) in [6, 6.07) is 13.8. The van der Waals surface area contributed by atoms with Crippen molar-refractivity contribution in [2.45, 2.75) is 143 Å². The summed E-state index contributed by atoms with van der Waals surface area (Å²) in [5, 5.41) is 20.5. The lowest BCUT2D eigenvalue weighted by Gasteiger charge is -2.43. The smallest absolute Gasteiger partial charge is 0.246 e. The zero-order chi connectivity index (χ0) is 58.8. The molecule has 0 spiro atoms. The van der Waals surface area contributed by atoms with Crippen molar-refractivity contribution < 1.29 is 61.1 Å². The van der Waals surface area contributed by atoms with Crippen molar-refractivity contribution in [3.8, 4) is 16.2 Å². The average molecular weight is 1150 g/mol. The van der Waals surface area contributed by atoms with Crippen molar-refractivity contribution in [2.75, 3.05) is 59.3 Å². The number of H-pyrrole nitrogens is 1. The molecule has 17 nitrogen and oxygen atoms in total. The molecule has 4 amide bonds. The van der Waals surface area contributed by atoms with E-state index in [1.807, 2.05) is 81.1 Å². The van der Waals surface area contributed by atoms with Crippen molar-refractivity contribution in [3.05, 3.63) is 106 Å². The molecule has 7 rings (SSSR count). The third-order valence-corrected chi connectivity index (χ3v) is 15.3. The number of para-hydroxylation sites is 1. The number of rotatable bonds is 27. The summed E-state index contributed by atoms with van der Waals surface area (Å²) in [5.74, 6) is -3.30. The number of ether oxygens (including phenoxy) is 5. The monoisotopic (exact) mass is 1150 g/mol. The number of hydrogen-bond donors (Lipinski definition) is 5. The number of likely N-dealkylation sites (tertiary alicyclic amines) is 1. The fourth-order valence-electron chi connectivity index (χ4n) is 10.4. The summed E-state index contributed by atoms with van der Waals surface area (Å²) in [7, 11) is 0. The van der Waals surface area contributed by atoms with Crippen molar-refractivity contribution in [1.29, 1.82) is 0 Å². The molecule has 0 bridgehead atoms. The summed E-state index contributed by atoms with van der Waals surface area (Å²) in [6.07, 6.45) is -1.31. The number of hydrogen-bond acceptors (Lipinski definition) is 13. The Morgan fingerprint density at radius 3 is 2.17 bits per heavy atom. The molecule has 1 fully saturated rings. The van der Waals surface area contributed by atoms with Crippen molar-refractivity contribution in [1.82, 2.24) is 35.7 Å².